The Morgan fingerprint density at radius 3 is 2.57 bits per heavy atom. The van der Waals surface area contributed by atoms with Gasteiger partial charge in [-0.1, -0.05) is 56.3 Å². The van der Waals surface area contributed by atoms with Crippen molar-refractivity contribution in [1.29, 1.82) is 0 Å². The maximum atomic E-state index is 3.71. The van der Waals surface area contributed by atoms with Gasteiger partial charge < -0.3 is 5.32 Å². The molecule has 0 spiro atoms. The molecule has 112 valence electrons. The van der Waals surface area contributed by atoms with Crippen molar-refractivity contribution >= 4 is 11.8 Å². The lowest BCUT2D eigenvalue weighted by Crippen LogP contribution is -2.23. The van der Waals surface area contributed by atoms with Crippen molar-refractivity contribution in [2.75, 3.05) is 12.8 Å². The van der Waals surface area contributed by atoms with Crippen LogP contribution in [-0.2, 0) is 6.42 Å². The van der Waals surface area contributed by atoms with Crippen molar-refractivity contribution in [2.24, 2.45) is 0 Å². The molecule has 1 atom stereocenters. The van der Waals surface area contributed by atoms with E-state index in [-0.39, 0.29) is 6.04 Å². The fourth-order valence-electron chi connectivity index (χ4n) is 2.59. The van der Waals surface area contributed by atoms with E-state index in [2.05, 4.69) is 74.0 Å². The van der Waals surface area contributed by atoms with Gasteiger partial charge in [0.15, 0.2) is 0 Å². The minimum atomic E-state index is 0.278. The van der Waals surface area contributed by atoms with Gasteiger partial charge in [-0.25, -0.2) is 0 Å². The monoisotopic (exact) mass is 299 g/mol. The lowest BCUT2D eigenvalue weighted by atomic mass is 9.96. The quantitative estimate of drug-likeness (QED) is 0.717. The summed E-state index contributed by atoms with van der Waals surface area (Å²) in [6, 6.07) is 18.0. The van der Waals surface area contributed by atoms with Gasteiger partial charge in [-0.2, -0.15) is 0 Å². The third kappa shape index (κ3) is 4.12. The standard InChI is InChI=1S/C19H25NS/c1-4-13-20-19(16-10-8-9-15(5-2)14-16)17-11-6-7-12-18(17)21-3/h6-12,14,19-20H,4-5,13H2,1-3H3. The Morgan fingerprint density at radius 1 is 1.05 bits per heavy atom. The average Bonchev–Trinajstić information content (AvgIpc) is 2.56. The molecule has 0 aliphatic rings. The molecule has 0 fully saturated rings. The molecular formula is C19H25NS. The van der Waals surface area contributed by atoms with Crippen molar-refractivity contribution in [3.05, 3.63) is 65.2 Å². The van der Waals surface area contributed by atoms with E-state index in [0.717, 1.165) is 19.4 Å². The summed E-state index contributed by atoms with van der Waals surface area (Å²) in [6.07, 6.45) is 4.38. The van der Waals surface area contributed by atoms with Crippen LogP contribution in [0.2, 0.25) is 0 Å². The van der Waals surface area contributed by atoms with E-state index in [1.807, 2.05) is 11.8 Å². The van der Waals surface area contributed by atoms with Crippen molar-refractivity contribution < 1.29 is 0 Å². The van der Waals surface area contributed by atoms with Crippen LogP contribution in [0.15, 0.2) is 53.4 Å². The highest BCUT2D eigenvalue weighted by Crippen LogP contribution is 2.30. The maximum Gasteiger partial charge on any atom is 0.0587 e. The molecular weight excluding hydrogens is 274 g/mol. The second-order valence-corrected chi connectivity index (χ2v) is 6.08. The predicted octanol–water partition coefficient (Wildman–Crippen LogP) is 5.06. The molecule has 0 aliphatic heterocycles. The topological polar surface area (TPSA) is 12.0 Å². The summed E-state index contributed by atoms with van der Waals surface area (Å²) < 4.78 is 0. The summed E-state index contributed by atoms with van der Waals surface area (Å²) >= 11 is 1.82. The molecule has 0 aromatic heterocycles. The molecule has 2 heteroatoms. The molecule has 2 aromatic carbocycles. The van der Waals surface area contributed by atoms with Crippen LogP contribution in [0, 0.1) is 0 Å². The van der Waals surface area contributed by atoms with Crippen LogP contribution in [0.4, 0.5) is 0 Å². The SMILES string of the molecule is CCCNC(c1cccc(CC)c1)c1ccccc1SC. The Kier molecular flexibility index (Phi) is 6.34. The van der Waals surface area contributed by atoms with Crippen molar-refractivity contribution in [3.8, 4) is 0 Å². The van der Waals surface area contributed by atoms with E-state index in [1.165, 1.54) is 21.6 Å². The molecule has 0 amide bonds. The zero-order valence-electron chi connectivity index (χ0n) is 13.2. The van der Waals surface area contributed by atoms with Crippen molar-refractivity contribution in [2.45, 2.75) is 37.6 Å². The van der Waals surface area contributed by atoms with Gasteiger partial charge in [-0.3, -0.25) is 0 Å². The molecule has 21 heavy (non-hydrogen) atoms. The molecule has 0 bridgehead atoms. The zero-order valence-corrected chi connectivity index (χ0v) is 14.0. The summed E-state index contributed by atoms with van der Waals surface area (Å²) in [5, 5.41) is 3.71. The molecule has 0 saturated carbocycles. The van der Waals surface area contributed by atoms with Gasteiger partial charge in [-0.15, -0.1) is 11.8 Å². The summed E-state index contributed by atoms with van der Waals surface area (Å²) in [5.74, 6) is 0. The minimum Gasteiger partial charge on any atom is -0.306 e. The number of hydrogen-bond acceptors (Lipinski definition) is 2. The van der Waals surface area contributed by atoms with E-state index < -0.39 is 0 Å². The average molecular weight is 299 g/mol. The Morgan fingerprint density at radius 2 is 1.86 bits per heavy atom. The number of hydrogen-bond donors (Lipinski definition) is 1. The summed E-state index contributed by atoms with van der Waals surface area (Å²) in [7, 11) is 0. The van der Waals surface area contributed by atoms with Gasteiger partial charge in [-0.05, 0) is 48.4 Å². The summed E-state index contributed by atoms with van der Waals surface area (Å²) in [6.45, 7) is 5.46. The van der Waals surface area contributed by atoms with Crippen LogP contribution >= 0.6 is 11.8 Å². The second kappa shape index (κ2) is 8.26. The van der Waals surface area contributed by atoms with Crippen LogP contribution in [0.25, 0.3) is 0 Å². The first-order valence-corrected chi connectivity index (χ1v) is 8.97. The first-order valence-electron chi connectivity index (χ1n) is 7.75. The normalized spacial score (nSPS) is 12.3. The van der Waals surface area contributed by atoms with Gasteiger partial charge in [0.2, 0.25) is 0 Å². The zero-order chi connectivity index (χ0) is 15.1. The Bertz CT molecular complexity index is 565. The van der Waals surface area contributed by atoms with Crippen molar-refractivity contribution in [3.63, 3.8) is 0 Å². The fourth-order valence-corrected chi connectivity index (χ4v) is 3.23. The molecule has 0 heterocycles. The van der Waals surface area contributed by atoms with Crippen LogP contribution in [0.3, 0.4) is 0 Å². The van der Waals surface area contributed by atoms with Gasteiger partial charge in [0.05, 0.1) is 6.04 Å². The molecule has 0 aliphatic carbocycles. The summed E-state index contributed by atoms with van der Waals surface area (Å²) in [4.78, 5) is 1.35. The van der Waals surface area contributed by atoms with Gasteiger partial charge in [0.25, 0.3) is 0 Å². The molecule has 1 N–H and O–H groups in total. The minimum absolute atomic E-state index is 0.278. The Hall–Kier alpha value is -1.25. The summed E-state index contributed by atoms with van der Waals surface area (Å²) in [5.41, 5.74) is 4.15. The molecule has 0 radical (unpaired) electrons. The number of aryl methyl sites for hydroxylation is 1. The fraction of sp³-hybridized carbons (Fsp3) is 0.368. The van der Waals surface area contributed by atoms with Crippen LogP contribution in [0.1, 0.15) is 43.0 Å². The van der Waals surface area contributed by atoms with Crippen molar-refractivity contribution in [1.82, 2.24) is 5.32 Å². The van der Waals surface area contributed by atoms with Gasteiger partial charge in [0.1, 0.15) is 0 Å². The highest BCUT2D eigenvalue weighted by atomic mass is 32.2. The van der Waals surface area contributed by atoms with Gasteiger partial charge in [0, 0.05) is 4.90 Å². The number of rotatable bonds is 7. The lowest BCUT2D eigenvalue weighted by Gasteiger charge is -2.22. The largest absolute Gasteiger partial charge is 0.306 e. The first kappa shape index (κ1) is 16.1. The maximum absolute atomic E-state index is 3.71. The molecule has 1 nitrogen and oxygen atoms in total. The number of thioether (sulfide) groups is 1. The van der Waals surface area contributed by atoms with Crippen LogP contribution < -0.4 is 5.32 Å². The molecule has 1 unspecified atom stereocenters. The Labute approximate surface area is 133 Å². The van der Waals surface area contributed by atoms with E-state index in [4.69, 9.17) is 0 Å². The van der Waals surface area contributed by atoms with E-state index >= 15 is 0 Å². The van der Waals surface area contributed by atoms with E-state index in [9.17, 15) is 0 Å². The predicted molar refractivity (Wildman–Crippen MR) is 94.2 cm³/mol. The van der Waals surface area contributed by atoms with Crippen LogP contribution in [0.5, 0.6) is 0 Å². The number of nitrogens with one attached hydrogen (secondary N) is 1. The highest BCUT2D eigenvalue weighted by molar-refractivity contribution is 7.98. The smallest absolute Gasteiger partial charge is 0.0587 e. The molecule has 2 aromatic rings. The number of benzene rings is 2. The Balaban J connectivity index is 2.41. The third-order valence-corrected chi connectivity index (χ3v) is 4.55. The molecule has 2 rings (SSSR count). The second-order valence-electron chi connectivity index (χ2n) is 5.23. The highest BCUT2D eigenvalue weighted by Gasteiger charge is 2.16. The van der Waals surface area contributed by atoms with E-state index in [1.54, 1.807) is 0 Å². The first-order chi connectivity index (χ1) is 10.3. The third-order valence-electron chi connectivity index (χ3n) is 3.74. The van der Waals surface area contributed by atoms with E-state index in [0.29, 0.717) is 0 Å². The lowest BCUT2D eigenvalue weighted by molar-refractivity contribution is 0.591. The molecule has 0 saturated heterocycles. The van der Waals surface area contributed by atoms with Gasteiger partial charge >= 0.3 is 0 Å². The van der Waals surface area contributed by atoms with Crippen LogP contribution in [-0.4, -0.2) is 12.8 Å².